The first kappa shape index (κ1) is 20.1. The molecule has 8 nitrogen and oxygen atoms in total. The maximum atomic E-state index is 11.4. The Labute approximate surface area is 150 Å². The van der Waals surface area contributed by atoms with E-state index in [9.17, 15) is 19.2 Å². The van der Waals surface area contributed by atoms with Gasteiger partial charge in [-0.25, -0.2) is 0 Å². The minimum atomic E-state index is -0.568. The minimum absolute atomic E-state index is 0.190. The molecule has 0 radical (unpaired) electrons. The molecule has 2 saturated heterocycles. The molecule has 10 heteroatoms. The van der Waals surface area contributed by atoms with Crippen molar-refractivity contribution in [3.05, 3.63) is 0 Å². The second kappa shape index (κ2) is 8.25. The van der Waals surface area contributed by atoms with Crippen molar-refractivity contribution >= 4 is 58.3 Å². The van der Waals surface area contributed by atoms with Gasteiger partial charge in [0.25, 0.3) is 0 Å². The number of carbonyl (C=O) groups excluding carboxylic acids is 4. The SMILES string of the molecule is CCC1C(=O)NC(=S)N(C)C1=O.CCC1C(=O)NC(=S)N(C)C1=O. The van der Waals surface area contributed by atoms with E-state index >= 15 is 0 Å². The summed E-state index contributed by atoms with van der Waals surface area (Å²) < 4.78 is 0. The molecule has 0 spiro atoms. The molecular weight excluding hydrogens is 352 g/mol. The molecule has 2 fully saturated rings. The lowest BCUT2D eigenvalue weighted by molar-refractivity contribution is -0.142. The van der Waals surface area contributed by atoms with E-state index in [4.69, 9.17) is 24.4 Å². The van der Waals surface area contributed by atoms with Crippen molar-refractivity contribution in [2.75, 3.05) is 14.1 Å². The van der Waals surface area contributed by atoms with E-state index in [1.54, 1.807) is 27.9 Å². The van der Waals surface area contributed by atoms with Crippen LogP contribution in [0.3, 0.4) is 0 Å². The van der Waals surface area contributed by atoms with E-state index in [1.165, 1.54) is 9.80 Å². The number of thiocarbonyl (C=S) groups is 2. The van der Waals surface area contributed by atoms with Crippen molar-refractivity contribution in [3.8, 4) is 0 Å². The molecule has 2 aliphatic heterocycles. The summed E-state index contributed by atoms with van der Waals surface area (Å²) in [7, 11) is 3.12. The fourth-order valence-corrected chi connectivity index (χ4v) is 2.55. The van der Waals surface area contributed by atoms with Gasteiger partial charge in [-0.1, -0.05) is 13.8 Å². The fraction of sp³-hybridized carbons (Fsp3) is 0.571. The number of amides is 4. The summed E-state index contributed by atoms with van der Waals surface area (Å²) in [5.74, 6) is -2.14. The molecule has 0 aromatic rings. The Kier molecular flexibility index (Phi) is 6.91. The van der Waals surface area contributed by atoms with Crippen molar-refractivity contribution in [2.45, 2.75) is 26.7 Å². The lowest BCUT2D eigenvalue weighted by Crippen LogP contribution is -2.55. The maximum absolute atomic E-state index is 11.4. The Morgan fingerprint density at radius 3 is 1.33 bits per heavy atom. The van der Waals surface area contributed by atoms with E-state index in [1.807, 2.05) is 0 Å². The second-order valence-corrected chi connectivity index (χ2v) is 6.08. The minimum Gasteiger partial charge on any atom is -0.302 e. The Balaban J connectivity index is 0.000000240. The summed E-state index contributed by atoms with van der Waals surface area (Å²) in [4.78, 5) is 47.6. The van der Waals surface area contributed by atoms with Gasteiger partial charge in [-0.05, 0) is 37.3 Å². The largest absolute Gasteiger partial charge is 0.302 e. The lowest BCUT2D eigenvalue weighted by atomic mass is 10.0. The van der Waals surface area contributed by atoms with E-state index in [2.05, 4.69) is 10.6 Å². The summed E-state index contributed by atoms with van der Waals surface area (Å²) in [6.07, 6.45) is 1.02. The first-order chi connectivity index (χ1) is 11.1. The smallest absolute Gasteiger partial charge is 0.241 e. The highest BCUT2D eigenvalue weighted by Gasteiger charge is 2.35. The highest BCUT2D eigenvalue weighted by Crippen LogP contribution is 2.12. The number of rotatable bonds is 2. The van der Waals surface area contributed by atoms with Crippen LogP contribution in [0.4, 0.5) is 0 Å². The lowest BCUT2D eigenvalue weighted by Gasteiger charge is -2.28. The Morgan fingerprint density at radius 2 is 1.08 bits per heavy atom. The standard InChI is InChI=1S/2C7H10N2O2S/c2*1-3-4-5(10)8-7(12)9(2)6(4)11/h2*4H,3H2,1-2H3,(H,8,10,12). The van der Waals surface area contributed by atoms with Crippen molar-refractivity contribution in [3.63, 3.8) is 0 Å². The van der Waals surface area contributed by atoms with Gasteiger partial charge in [0.2, 0.25) is 23.6 Å². The predicted octanol–water partition coefficient (Wildman–Crippen LogP) is -0.229. The third kappa shape index (κ3) is 4.12. The molecule has 2 heterocycles. The molecule has 2 atom stereocenters. The van der Waals surface area contributed by atoms with E-state index in [-0.39, 0.29) is 33.9 Å². The van der Waals surface area contributed by atoms with Crippen LogP contribution in [0.5, 0.6) is 0 Å². The van der Waals surface area contributed by atoms with E-state index in [0.717, 1.165) is 0 Å². The Morgan fingerprint density at radius 1 is 0.792 bits per heavy atom. The van der Waals surface area contributed by atoms with Gasteiger partial charge >= 0.3 is 0 Å². The molecule has 2 N–H and O–H groups in total. The third-order valence-electron chi connectivity index (χ3n) is 3.78. The zero-order valence-electron chi connectivity index (χ0n) is 13.9. The summed E-state index contributed by atoms with van der Waals surface area (Å²) in [6.45, 7) is 3.59. The zero-order chi connectivity index (χ0) is 18.6. The number of hydrogen-bond acceptors (Lipinski definition) is 6. The van der Waals surface area contributed by atoms with Crippen LogP contribution in [-0.2, 0) is 19.2 Å². The van der Waals surface area contributed by atoms with Crippen molar-refractivity contribution in [1.82, 2.24) is 20.4 Å². The van der Waals surface area contributed by atoms with Gasteiger partial charge in [0.15, 0.2) is 10.2 Å². The molecule has 24 heavy (non-hydrogen) atoms. The molecule has 132 valence electrons. The molecule has 0 aliphatic carbocycles. The van der Waals surface area contributed by atoms with Crippen LogP contribution in [0.1, 0.15) is 26.7 Å². The average molecular weight is 372 g/mol. The second-order valence-electron chi connectivity index (χ2n) is 5.30. The van der Waals surface area contributed by atoms with Gasteiger partial charge in [0.1, 0.15) is 11.8 Å². The van der Waals surface area contributed by atoms with Crippen LogP contribution in [0.25, 0.3) is 0 Å². The number of carbonyl (C=O) groups is 4. The summed E-state index contributed by atoms with van der Waals surface area (Å²) in [5, 5.41) is 5.30. The van der Waals surface area contributed by atoms with Gasteiger partial charge < -0.3 is 10.6 Å². The summed E-state index contributed by atoms with van der Waals surface area (Å²) in [5.41, 5.74) is 0. The van der Waals surface area contributed by atoms with Gasteiger partial charge in [-0.2, -0.15) is 0 Å². The highest BCUT2D eigenvalue weighted by atomic mass is 32.1. The van der Waals surface area contributed by atoms with Gasteiger partial charge in [-0.3, -0.25) is 29.0 Å². The van der Waals surface area contributed by atoms with E-state index < -0.39 is 11.8 Å². The average Bonchev–Trinajstić information content (AvgIpc) is 2.52. The van der Waals surface area contributed by atoms with Gasteiger partial charge in [0, 0.05) is 14.1 Å². The molecule has 0 bridgehead atoms. The summed E-state index contributed by atoms with van der Waals surface area (Å²) in [6, 6.07) is 0. The van der Waals surface area contributed by atoms with Crippen molar-refractivity contribution in [1.29, 1.82) is 0 Å². The first-order valence-electron chi connectivity index (χ1n) is 7.40. The Bertz CT molecular complexity index is 556. The van der Waals surface area contributed by atoms with Crippen LogP contribution in [0, 0.1) is 11.8 Å². The molecule has 2 aliphatic rings. The number of nitrogens with one attached hydrogen (secondary N) is 2. The van der Waals surface area contributed by atoms with Crippen LogP contribution >= 0.6 is 24.4 Å². The van der Waals surface area contributed by atoms with Crippen LogP contribution < -0.4 is 10.6 Å². The van der Waals surface area contributed by atoms with Gasteiger partial charge in [0.05, 0.1) is 0 Å². The highest BCUT2D eigenvalue weighted by molar-refractivity contribution is 7.80. The molecule has 2 unspecified atom stereocenters. The zero-order valence-corrected chi connectivity index (χ0v) is 15.5. The molecule has 2 rings (SSSR count). The quantitative estimate of drug-likeness (QED) is 0.513. The normalized spacial score (nSPS) is 24.3. The molecule has 0 aromatic carbocycles. The number of nitrogens with zero attached hydrogens (tertiary/aromatic N) is 2. The van der Waals surface area contributed by atoms with Gasteiger partial charge in [-0.15, -0.1) is 0 Å². The van der Waals surface area contributed by atoms with Crippen molar-refractivity contribution in [2.24, 2.45) is 11.8 Å². The molecule has 4 amide bonds. The topological polar surface area (TPSA) is 98.8 Å². The number of hydrogen-bond donors (Lipinski definition) is 2. The summed E-state index contributed by atoms with van der Waals surface area (Å²) >= 11 is 9.51. The monoisotopic (exact) mass is 372 g/mol. The van der Waals surface area contributed by atoms with Crippen LogP contribution in [-0.4, -0.2) is 57.7 Å². The molecule has 0 saturated carbocycles. The molecule has 0 aromatic heterocycles. The third-order valence-corrected chi connectivity index (χ3v) is 4.53. The fourth-order valence-electron chi connectivity index (χ4n) is 2.16. The maximum Gasteiger partial charge on any atom is 0.241 e. The van der Waals surface area contributed by atoms with Crippen LogP contribution in [0.2, 0.25) is 0 Å². The predicted molar refractivity (Wildman–Crippen MR) is 94.6 cm³/mol. The molecular formula is C14H20N4O4S2. The Hall–Kier alpha value is -1.94. The van der Waals surface area contributed by atoms with E-state index in [0.29, 0.717) is 12.8 Å². The van der Waals surface area contributed by atoms with Crippen LogP contribution in [0.15, 0.2) is 0 Å². The van der Waals surface area contributed by atoms with Crippen molar-refractivity contribution < 1.29 is 19.2 Å². The first-order valence-corrected chi connectivity index (χ1v) is 8.22.